The van der Waals surface area contributed by atoms with Gasteiger partial charge in [0.15, 0.2) is 0 Å². The Labute approximate surface area is 120 Å². The maximum atomic E-state index is 6.14. The summed E-state index contributed by atoms with van der Waals surface area (Å²) in [6.45, 7) is 7.46. The van der Waals surface area contributed by atoms with E-state index in [4.69, 9.17) is 11.6 Å². The fourth-order valence-corrected chi connectivity index (χ4v) is 2.60. The standard InChI is InChI=1S/C14H23ClN4/c1-3-5-12-13(15)17-10-18-14(12)16-8-9-19(4-2)11-6-7-11/h10-11H,3-9H2,1-2H3,(H,16,17,18). The van der Waals surface area contributed by atoms with Crippen molar-refractivity contribution >= 4 is 17.4 Å². The van der Waals surface area contributed by atoms with Gasteiger partial charge in [-0.15, -0.1) is 0 Å². The average molecular weight is 283 g/mol. The van der Waals surface area contributed by atoms with Crippen LogP contribution in [0.5, 0.6) is 0 Å². The summed E-state index contributed by atoms with van der Waals surface area (Å²) >= 11 is 6.14. The molecule has 0 spiro atoms. The second-order valence-corrected chi connectivity index (χ2v) is 5.39. The summed E-state index contributed by atoms with van der Waals surface area (Å²) in [6.07, 6.45) is 6.21. The molecule has 1 aromatic rings. The van der Waals surface area contributed by atoms with Gasteiger partial charge in [-0.05, 0) is 25.8 Å². The fourth-order valence-electron chi connectivity index (χ4n) is 2.37. The monoisotopic (exact) mass is 282 g/mol. The molecule has 0 saturated heterocycles. The molecule has 19 heavy (non-hydrogen) atoms. The molecule has 1 aliphatic rings. The third-order valence-electron chi connectivity index (χ3n) is 3.55. The zero-order valence-corrected chi connectivity index (χ0v) is 12.6. The van der Waals surface area contributed by atoms with Crippen LogP contribution >= 0.6 is 11.6 Å². The maximum Gasteiger partial charge on any atom is 0.137 e. The van der Waals surface area contributed by atoms with Crippen molar-refractivity contribution in [2.75, 3.05) is 25.0 Å². The quantitative estimate of drug-likeness (QED) is 0.744. The summed E-state index contributed by atoms with van der Waals surface area (Å²) in [5.74, 6) is 0.897. The first kappa shape index (κ1) is 14.5. The molecule has 0 aliphatic heterocycles. The van der Waals surface area contributed by atoms with Gasteiger partial charge < -0.3 is 5.32 Å². The number of anilines is 1. The van der Waals surface area contributed by atoms with Crippen molar-refractivity contribution in [2.24, 2.45) is 0 Å². The third kappa shape index (κ3) is 4.05. The molecule has 0 radical (unpaired) electrons. The summed E-state index contributed by atoms with van der Waals surface area (Å²) < 4.78 is 0. The van der Waals surface area contributed by atoms with Crippen LogP contribution in [0.1, 0.15) is 38.7 Å². The van der Waals surface area contributed by atoms with Gasteiger partial charge in [0.2, 0.25) is 0 Å². The first-order valence-electron chi connectivity index (χ1n) is 7.23. The van der Waals surface area contributed by atoms with Gasteiger partial charge in [0, 0.05) is 24.7 Å². The lowest BCUT2D eigenvalue weighted by molar-refractivity contribution is 0.289. The predicted octanol–water partition coefficient (Wildman–Crippen LogP) is 2.98. The lowest BCUT2D eigenvalue weighted by Crippen LogP contribution is -2.31. The number of hydrogen-bond donors (Lipinski definition) is 1. The van der Waals surface area contributed by atoms with E-state index in [-0.39, 0.29) is 0 Å². The van der Waals surface area contributed by atoms with Gasteiger partial charge in [0.25, 0.3) is 0 Å². The topological polar surface area (TPSA) is 41.1 Å². The Morgan fingerprint density at radius 2 is 2.16 bits per heavy atom. The Balaban J connectivity index is 1.89. The van der Waals surface area contributed by atoms with E-state index >= 15 is 0 Å². The van der Waals surface area contributed by atoms with E-state index in [1.807, 2.05) is 0 Å². The molecular weight excluding hydrogens is 260 g/mol. The molecule has 1 heterocycles. The average Bonchev–Trinajstić information content (AvgIpc) is 3.23. The molecule has 4 nitrogen and oxygen atoms in total. The van der Waals surface area contributed by atoms with Gasteiger partial charge >= 0.3 is 0 Å². The van der Waals surface area contributed by atoms with Crippen LogP contribution in [-0.2, 0) is 6.42 Å². The Kier molecular flexibility index (Phi) is 5.40. The van der Waals surface area contributed by atoms with Crippen molar-refractivity contribution in [1.82, 2.24) is 14.9 Å². The van der Waals surface area contributed by atoms with E-state index in [1.54, 1.807) is 0 Å². The minimum absolute atomic E-state index is 0.578. The highest BCUT2D eigenvalue weighted by molar-refractivity contribution is 6.30. The van der Waals surface area contributed by atoms with E-state index in [2.05, 4.69) is 34.0 Å². The number of aromatic nitrogens is 2. The van der Waals surface area contributed by atoms with Gasteiger partial charge in [-0.3, -0.25) is 4.90 Å². The van der Waals surface area contributed by atoms with Crippen LogP contribution in [0.4, 0.5) is 5.82 Å². The highest BCUT2D eigenvalue weighted by Crippen LogP contribution is 2.26. The van der Waals surface area contributed by atoms with Crippen LogP contribution < -0.4 is 5.32 Å². The Bertz CT molecular complexity index is 406. The minimum atomic E-state index is 0.578. The summed E-state index contributed by atoms with van der Waals surface area (Å²) in [6, 6.07) is 0.816. The van der Waals surface area contributed by atoms with Crippen molar-refractivity contribution in [3.8, 4) is 0 Å². The molecule has 2 rings (SSSR count). The van der Waals surface area contributed by atoms with Crippen LogP contribution in [0, 0.1) is 0 Å². The lowest BCUT2D eigenvalue weighted by Gasteiger charge is -2.20. The number of hydrogen-bond acceptors (Lipinski definition) is 4. The Hall–Kier alpha value is -0.870. The number of nitrogens with zero attached hydrogens (tertiary/aromatic N) is 3. The fraction of sp³-hybridized carbons (Fsp3) is 0.714. The van der Waals surface area contributed by atoms with Crippen molar-refractivity contribution < 1.29 is 0 Å². The first-order valence-corrected chi connectivity index (χ1v) is 7.61. The van der Waals surface area contributed by atoms with Crippen LogP contribution in [0.2, 0.25) is 5.15 Å². The molecule has 0 amide bonds. The molecular formula is C14H23ClN4. The highest BCUT2D eigenvalue weighted by atomic mass is 35.5. The normalized spacial score (nSPS) is 14.9. The van der Waals surface area contributed by atoms with Gasteiger partial charge in [-0.25, -0.2) is 9.97 Å². The van der Waals surface area contributed by atoms with E-state index in [0.29, 0.717) is 5.15 Å². The zero-order chi connectivity index (χ0) is 13.7. The Morgan fingerprint density at radius 3 is 2.79 bits per heavy atom. The molecule has 1 N–H and O–H groups in total. The number of rotatable bonds is 8. The SMILES string of the molecule is CCCc1c(Cl)ncnc1NCCN(CC)C1CC1. The maximum absolute atomic E-state index is 6.14. The van der Waals surface area contributed by atoms with Gasteiger partial charge in [-0.2, -0.15) is 0 Å². The molecule has 1 fully saturated rings. The second-order valence-electron chi connectivity index (χ2n) is 5.03. The summed E-state index contributed by atoms with van der Waals surface area (Å²) in [4.78, 5) is 10.9. The molecule has 106 valence electrons. The summed E-state index contributed by atoms with van der Waals surface area (Å²) in [7, 11) is 0. The van der Waals surface area contributed by atoms with E-state index in [1.165, 1.54) is 19.2 Å². The molecule has 1 aromatic heterocycles. The number of likely N-dealkylation sites (N-methyl/N-ethyl adjacent to an activating group) is 1. The van der Waals surface area contributed by atoms with Crippen LogP contribution in [0.3, 0.4) is 0 Å². The summed E-state index contributed by atoms with van der Waals surface area (Å²) in [5.41, 5.74) is 1.04. The number of nitrogens with one attached hydrogen (secondary N) is 1. The molecule has 0 unspecified atom stereocenters. The summed E-state index contributed by atoms with van der Waals surface area (Å²) in [5, 5.41) is 3.99. The molecule has 1 saturated carbocycles. The molecule has 5 heteroatoms. The van der Waals surface area contributed by atoms with Crippen molar-refractivity contribution in [1.29, 1.82) is 0 Å². The van der Waals surface area contributed by atoms with Gasteiger partial charge in [-0.1, -0.05) is 31.9 Å². The Morgan fingerprint density at radius 1 is 1.37 bits per heavy atom. The number of halogens is 1. The first-order chi connectivity index (χ1) is 9.26. The predicted molar refractivity (Wildman–Crippen MR) is 79.8 cm³/mol. The van der Waals surface area contributed by atoms with Gasteiger partial charge in [0.1, 0.15) is 17.3 Å². The van der Waals surface area contributed by atoms with Crippen molar-refractivity contribution in [3.63, 3.8) is 0 Å². The van der Waals surface area contributed by atoms with Crippen LogP contribution in [0.15, 0.2) is 6.33 Å². The third-order valence-corrected chi connectivity index (χ3v) is 3.88. The second kappa shape index (κ2) is 7.06. The minimum Gasteiger partial charge on any atom is -0.368 e. The smallest absolute Gasteiger partial charge is 0.137 e. The van der Waals surface area contributed by atoms with Crippen LogP contribution in [-0.4, -0.2) is 40.5 Å². The van der Waals surface area contributed by atoms with Crippen LogP contribution in [0.25, 0.3) is 0 Å². The lowest BCUT2D eigenvalue weighted by atomic mass is 10.2. The van der Waals surface area contributed by atoms with E-state index in [9.17, 15) is 0 Å². The molecule has 0 bridgehead atoms. The van der Waals surface area contributed by atoms with Crippen molar-refractivity contribution in [3.05, 3.63) is 17.0 Å². The molecule has 0 atom stereocenters. The molecule has 1 aliphatic carbocycles. The van der Waals surface area contributed by atoms with Gasteiger partial charge in [0.05, 0.1) is 0 Å². The zero-order valence-electron chi connectivity index (χ0n) is 11.8. The highest BCUT2D eigenvalue weighted by Gasteiger charge is 2.27. The molecule has 0 aromatic carbocycles. The van der Waals surface area contributed by atoms with E-state index in [0.717, 1.165) is 49.9 Å². The largest absolute Gasteiger partial charge is 0.368 e. The van der Waals surface area contributed by atoms with E-state index < -0.39 is 0 Å². The van der Waals surface area contributed by atoms with Crippen molar-refractivity contribution in [2.45, 2.75) is 45.6 Å².